The number of rotatable bonds is 3. The first-order valence-corrected chi connectivity index (χ1v) is 6.32. The number of likely N-dealkylation sites (tertiary alicyclic amines) is 1. The maximum atomic E-state index is 11.1. The van der Waals surface area contributed by atoms with Gasteiger partial charge in [0.05, 0.1) is 6.10 Å². The van der Waals surface area contributed by atoms with Gasteiger partial charge in [0.2, 0.25) is 0 Å². The average Bonchev–Trinajstić information content (AvgIpc) is 2.64. The van der Waals surface area contributed by atoms with Crippen LogP contribution in [0.4, 0.5) is 0 Å². The highest BCUT2D eigenvalue weighted by Gasteiger charge is 2.35. The van der Waals surface area contributed by atoms with Crippen LogP contribution in [0.25, 0.3) is 0 Å². The van der Waals surface area contributed by atoms with E-state index in [1.807, 2.05) is 0 Å². The molecule has 0 spiro atoms. The summed E-state index contributed by atoms with van der Waals surface area (Å²) < 4.78 is 0. The Kier molecular flexibility index (Phi) is 4.12. The number of carboxylic acid groups (broad SMARTS) is 1. The molecule has 1 heterocycles. The van der Waals surface area contributed by atoms with E-state index in [4.69, 9.17) is 28.3 Å². The Morgan fingerprint density at radius 1 is 1.44 bits per heavy atom. The fourth-order valence-corrected chi connectivity index (χ4v) is 2.65. The highest BCUT2D eigenvalue weighted by molar-refractivity contribution is 6.35. The number of aliphatic hydroxyl groups excluding tert-OH is 1. The minimum Gasteiger partial charge on any atom is -0.480 e. The lowest BCUT2D eigenvalue weighted by atomic mass is 10.2. The quantitative estimate of drug-likeness (QED) is 0.894. The largest absolute Gasteiger partial charge is 0.480 e. The normalized spacial score (nSPS) is 24.4. The van der Waals surface area contributed by atoms with Crippen LogP contribution in [-0.4, -0.2) is 39.8 Å². The van der Waals surface area contributed by atoms with Gasteiger partial charge < -0.3 is 10.2 Å². The summed E-state index contributed by atoms with van der Waals surface area (Å²) in [5, 5.41) is 19.7. The molecule has 1 saturated heterocycles. The zero-order chi connectivity index (χ0) is 13.3. The summed E-state index contributed by atoms with van der Waals surface area (Å²) in [6.45, 7) is 0.736. The Bertz CT molecular complexity index is 467. The highest BCUT2D eigenvalue weighted by atomic mass is 35.5. The number of aliphatic hydroxyl groups is 1. The third kappa shape index (κ3) is 2.95. The van der Waals surface area contributed by atoms with Crippen LogP contribution < -0.4 is 0 Å². The van der Waals surface area contributed by atoms with Crippen molar-refractivity contribution in [2.75, 3.05) is 6.54 Å². The van der Waals surface area contributed by atoms with E-state index in [1.54, 1.807) is 23.1 Å². The second-order valence-electron chi connectivity index (χ2n) is 4.41. The van der Waals surface area contributed by atoms with Crippen LogP contribution in [0.3, 0.4) is 0 Å². The molecule has 18 heavy (non-hydrogen) atoms. The molecular formula is C12H13Cl2NO3. The van der Waals surface area contributed by atoms with Gasteiger partial charge in [-0.15, -0.1) is 0 Å². The lowest BCUT2D eigenvalue weighted by molar-refractivity contribution is -0.142. The van der Waals surface area contributed by atoms with Gasteiger partial charge in [0.25, 0.3) is 0 Å². The number of hydrogen-bond acceptors (Lipinski definition) is 3. The van der Waals surface area contributed by atoms with E-state index in [-0.39, 0.29) is 6.42 Å². The number of carbonyl (C=O) groups is 1. The van der Waals surface area contributed by atoms with E-state index in [0.717, 1.165) is 5.56 Å². The van der Waals surface area contributed by atoms with Gasteiger partial charge in [-0.05, 0) is 17.7 Å². The maximum absolute atomic E-state index is 11.1. The highest BCUT2D eigenvalue weighted by Crippen LogP contribution is 2.26. The standard InChI is InChI=1S/C12H13Cl2NO3/c13-8-2-1-7(10(14)3-8)5-15-6-9(16)4-11(15)12(17)18/h1-3,9,11,16H,4-6H2,(H,17,18). The van der Waals surface area contributed by atoms with Crippen LogP contribution in [0.2, 0.25) is 10.0 Å². The average molecular weight is 290 g/mol. The molecule has 2 atom stereocenters. The van der Waals surface area contributed by atoms with E-state index in [9.17, 15) is 9.90 Å². The maximum Gasteiger partial charge on any atom is 0.321 e. The van der Waals surface area contributed by atoms with Crippen molar-refractivity contribution in [1.29, 1.82) is 0 Å². The van der Waals surface area contributed by atoms with Gasteiger partial charge >= 0.3 is 5.97 Å². The van der Waals surface area contributed by atoms with Gasteiger partial charge in [-0.3, -0.25) is 9.69 Å². The first-order valence-electron chi connectivity index (χ1n) is 5.56. The number of carboxylic acids is 1. The first kappa shape index (κ1) is 13.6. The lowest BCUT2D eigenvalue weighted by Crippen LogP contribution is -2.35. The Balaban J connectivity index is 2.15. The number of benzene rings is 1. The summed E-state index contributed by atoms with van der Waals surface area (Å²) in [4.78, 5) is 12.8. The molecule has 2 rings (SSSR count). The van der Waals surface area contributed by atoms with Crippen molar-refractivity contribution in [3.05, 3.63) is 33.8 Å². The van der Waals surface area contributed by atoms with E-state index in [0.29, 0.717) is 23.1 Å². The molecule has 6 heteroatoms. The second-order valence-corrected chi connectivity index (χ2v) is 5.25. The molecule has 0 bridgehead atoms. The van der Waals surface area contributed by atoms with Crippen molar-refractivity contribution in [3.63, 3.8) is 0 Å². The van der Waals surface area contributed by atoms with Crippen molar-refractivity contribution >= 4 is 29.2 Å². The van der Waals surface area contributed by atoms with Gasteiger partial charge in [-0.25, -0.2) is 0 Å². The van der Waals surface area contributed by atoms with Crippen molar-refractivity contribution < 1.29 is 15.0 Å². The number of β-amino-alcohol motifs (C(OH)–C–C–N with tert-alkyl or cyclic N) is 1. The molecule has 0 aromatic heterocycles. The predicted octanol–water partition coefficient (Wildman–Crippen LogP) is 2.01. The molecule has 0 amide bonds. The van der Waals surface area contributed by atoms with Gasteiger partial charge in [-0.1, -0.05) is 29.3 Å². The summed E-state index contributed by atoms with van der Waals surface area (Å²) >= 11 is 11.9. The van der Waals surface area contributed by atoms with E-state index < -0.39 is 18.1 Å². The van der Waals surface area contributed by atoms with Gasteiger partial charge in [-0.2, -0.15) is 0 Å². The molecule has 0 saturated carbocycles. The van der Waals surface area contributed by atoms with Crippen molar-refractivity contribution in [2.45, 2.75) is 25.1 Å². The molecule has 1 aliphatic rings. The van der Waals surface area contributed by atoms with E-state index >= 15 is 0 Å². The number of halogens is 2. The van der Waals surface area contributed by atoms with Crippen molar-refractivity contribution in [2.24, 2.45) is 0 Å². The molecule has 1 aromatic carbocycles. The van der Waals surface area contributed by atoms with Crippen LogP contribution in [0, 0.1) is 0 Å². The molecule has 1 aliphatic heterocycles. The smallest absolute Gasteiger partial charge is 0.321 e. The summed E-state index contributed by atoms with van der Waals surface area (Å²) in [5.74, 6) is -0.920. The van der Waals surface area contributed by atoms with Crippen LogP contribution >= 0.6 is 23.2 Å². The number of nitrogens with zero attached hydrogens (tertiary/aromatic N) is 1. The van der Waals surface area contributed by atoms with Gasteiger partial charge in [0.1, 0.15) is 6.04 Å². The monoisotopic (exact) mass is 289 g/mol. The zero-order valence-corrected chi connectivity index (χ0v) is 11.0. The fraction of sp³-hybridized carbons (Fsp3) is 0.417. The van der Waals surface area contributed by atoms with Gasteiger partial charge in [0, 0.05) is 29.6 Å². The molecule has 2 unspecified atom stereocenters. The zero-order valence-electron chi connectivity index (χ0n) is 9.51. The van der Waals surface area contributed by atoms with Gasteiger partial charge in [0.15, 0.2) is 0 Å². The third-order valence-electron chi connectivity index (χ3n) is 3.05. The second kappa shape index (κ2) is 5.45. The molecule has 2 N–H and O–H groups in total. The SMILES string of the molecule is O=C(O)C1CC(O)CN1Cc1ccc(Cl)cc1Cl. The summed E-state index contributed by atoms with van der Waals surface area (Å²) in [6, 6.07) is 4.45. The fourth-order valence-electron chi connectivity index (χ4n) is 2.18. The van der Waals surface area contributed by atoms with Crippen LogP contribution in [0.1, 0.15) is 12.0 Å². The molecule has 0 aliphatic carbocycles. The molecule has 98 valence electrons. The minimum atomic E-state index is -0.920. The Hall–Kier alpha value is -0.810. The summed E-state index contributed by atoms with van der Waals surface area (Å²) in [5.41, 5.74) is 0.807. The summed E-state index contributed by atoms with van der Waals surface area (Å²) in [6.07, 6.45) is -0.349. The minimum absolute atomic E-state index is 0.251. The first-order chi connectivity index (χ1) is 8.47. The van der Waals surface area contributed by atoms with Crippen LogP contribution in [0.5, 0.6) is 0 Å². The summed E-state index contributed by atoms with van der Waals surface area (Å²) in [7, 11) is 0. The van der Waals surface area contributed by atoms with E-state index in [1.165, 1.54) is 0 Å². The Morgan fingerprint density at radius 3 is 2.78 bits per heavy atom. The molecule has 4 nitrogen and oxygen atoms in total. The number of aliphatic carboxylic acids is 1. The number of hydrogen-bond donors (Lipinski definition) is 2. The Labute approximate surface area is 115 Å². The van der Waals surface area contributed by atoms with Crippen LogP contribution in [-0.2, 0) is 11.3 Å². The molecular weight excluding hydrogens is 277 g/mol. The predicted molar refractivity (Wildman–Crippen MR) is 68.9 cm³/mol. The third-order valence-corrected chi connectivity index (χ3v) is 3.64. The molecule has 0 radical (unpaired) electrons. The van der Waals surface area contributed by atoms with E-state index in [2.05, 4.69) is 0 Å². The van der Waals surface area contributed by atoms with Crippen molar-refractivity contribution in [3.8, 4) is 0 Å². The van der Waals surface area contributed by atoms with Crippen LogP contribution in [0.15, 0.2) is 18.2 Å². The molecule has 1 fully saturated rings. The lowest BCUT2D eigenvalue weighted by Gasteiger charge is -2.21. The Morgan fingerprint density at radius 2 is 2.17 bits per heavy atom. The van der Waals surface area contributed by atoms with Crippen molar-refractivity contribution in [1.82, 2.24) is 4.90 Å². The topological polar surface area (TPSA) is 60.8 Å². The molecule has 1 aromatic rings.